The Morgan fingerprint density at radius 3 is 2.33 bits per heavy atom. The first-order valence-corrected chi connectivity index (χ1v) is 7.29. The highest BCUT2D eigenvalue weighted by atomic mass is 15.2. The van der Waals surface area contributed by atoms with Crippen LogP contribution in [0.2, 0.25) is 0 Å². The summed E-state index contributed by atoms with van der Waals surface area (Å²) >= 11 is 0. The van der Waals surface area contributed by atoms with Crippen molar-refractivity contribution in [2.24, 2.45) is 0 Å². The lowest BCUT2D eigenvalue weighted by atomic mass is 9.64. The van der Waals surface area contributed by atoms with Crippen LogP contribution >= 0.6 is 0 Å². The quantitative estimate of drug-likeness (QED) is 0.878. The van der Waals surface area contributed by atoms with Gasteiger partial charge in [-0.1, -0.05) is 36.2 Å². The molecule has 1 aliphatic heterocycles. The van der Waals surface area contributed by atoms with Gasteiger partial charge in [0.25, 0.3) is 0 Å². The smallest absolute Gasteiger partial charge is 0.0108 e. The summed E-state index contributed by atoms with van der Waals surface area (Å²) in [5.41, 5.74) is 3.40. The molecule has 0 radical (unpaired) electrons. The summed E-state index contributed by atoms with van der Waals surface area (Å²) in [6.07, 6.45) is 4.15. The predicted octanol–water partition coefficient (Wildman–Crippen LogP) is 2.32. The first-order valence-electron chi connectivity index (χ1n) is 7.29. The van der Waals surface area contributed by atoms with Crippen molar-refractivity contribution in [3.05, 3.63) is 35.4 Å². The maximum absolute atomic E-state index is 3.44. The van der Waals surface area contributed by atoms with Crippen LogP contribution in [0.25, 0.3) is 0 Å². The van der Waals surface area contributed by atoms with Crippen molar-refractivity contribution < 1.29 is 0 Å². The molecule has 1 saturated heterocycles. The number of hydrogen-bond acceptors (Lipinski definition) is 2. The van der Waals surface area contributed by atoms with E-state index >= 15 is 0 Å². The van der Waals surface area contributed by atoms with Gasteiger partial charge < -0.3 is 5.32 Å². The second kappa shape index (κ2) is 5.02. The van der Waals surface area contributed by atoms with Crippen molar-refractivity contribution in [2.45, 2.75) is 31.6 Å². The van der Waals surface area contributed by atoms with Crippen LogP contribution < -0.4 is 5.32 Å². The SMILES string of the molecule is Cc1ccc(C2(CN3CCNCC3)CCC2)cc1. The molecule has 1 saturated carbocycles. The van der Waals surface area contributed by atoms with Crippen molar-refractivity contribution in [3.63, 3.8) is 0 Å². The zero-order valence-corrected chi connectivity index (χ0v) is 11.4. The number of nitrogens with one attached hydrogen (secondary N) is 1. The van der Waals surface area contributed by atoms with Crippen molar-refractivity contribution in [1.29, 1.82) is 0 Å². The maximum Gasteiger partial charge on any atom is 0.0108 e. The average Bonchev–Trinajstić information content (AvgIpc) is 2.36. The Morgan fingerprint density at radius 2 is 1.78 bits per heavy atom. The minimum Gasteiger partial charge on any atom is -0.314 e. The third-order valence-electron chi connectivity index (χ3n) is 4.71. The van der Waals surface area contributed by atoms with Gasteiger partial charge in [0, 0.05) is 38.1 Å². The van der Waals surface area contributed by atoms with E-state index in [0.717, 1.165) is 13.1 Å². The maximum atomic E-state index is 3.44. The zero-order chi connectivity index (χ0) is 12.4. The van der Waals surface area contributed by atoms with E-state index in [1.54, 1.807) is 5.56 Å². The highest BCUT2D eigenvalue weighted by molar-refractivity contribution is 5.31. The molecule has 3 rings (SSSR count). The fraction of sp³-hybridized carbons (Fsp3) is 0.625. The van der Waals surface area contributed by atoms with Crippen molar-refractivity contribution in [1.82, 2.24) is 10.2 Å². The van der Waals surface area contributed by atoms with Crippen LogP contribution in [0.1, 0.15) is 30.4 Å². The van der Waals surface area contributed by atoms with Gasteiger partial charge in [-0.2, -0.15) is 0 Å². The molecule has 1 aromatic carbocycles. The van der Waals surface area contributed by atoms with Gasteiger partial charge >= 0.3 is 0 Å². The van der Waals surface area contributed by atoms with Gasteiger partial charge in [-0.25, -0.2) is 0 Å². The Bertz CT molecular complexity index is 386. The molecule has 2 aliphatic rings. The molecule has 1 aromatic rings. The number of aryl methyl sites for hydroxylation is 1. The van der Waals surface area contributed by atoms with E-state index in [-0.39, 0.29) is 0 Å². The number of piperazine rings is 1. The summed E-state index contributed by atoms with van der Waals surface area (Å²) < 4.78 is 0. The fourth-order valence-electron chi connectivity index (χ4n) is 3.35. The molecule has 0 aromatic heterocycles. The molecule has 0 unspecified atom stereocenters. The first kappa shape index (κ1) is 12.2. The van der Waals surface area contributed by atoms with Crippen molar-refractivity contribution in [2.75, 3.05) is 32.7 Å². The second-order valence-electron chi connectivity index (χ2n) is 6.03. The van der Waals surface area contributed by atoms with Gasteiger partial charge in [0.1, 0.15) is 0 Å². The molecule has 1 aliphatic carbocycles. The Balaban J connectivity index is 1.74. The Morgan fingerprint density at radius 1 is 1.11 bits per heavy atom. The molecular weight excluding hydrogens is 220 g/mol. The predicted molar refractivity (Wildman–Crippen MR) is 76.0 cm³/mol. The van der Waals surface area contributed by atoms with Gasteiger partial charge in [0.15, 0.2) is 0 Å². The minimum absolute atomic E-state index is 0.463. The fourth-order valence-corrected chi connectivity index (χ4v) is 3.35. The summed E-state index contributed by atoms with van der Waals surface area (Å²) in [5.74, 6) is 0. The third-order valence-corrected chi connectivity index (χ3v) is 4.71. The van der Waals surface area contributed by atoms with E-state index in [1.165, 1.54) is 44.5 Å². The highest BCUT2D eigenvalue weighted by Crippen LogP contribution is 2.44. The van der Waals surface area contributed by atoms with E-state index < -0.39 is 0 Å². The zero-order valence-electron chi connectivity index (χ0n) is 11.4. The van der Waals surface area contributed by atoms with Crippen LogP contribution in [-0.4, -0.2) is 37.6 Å². The minimum atomic E-state index is 0.463. The summed E-state index contributed by atoms with van der Waals surface area (Å²) in [6, 6.07) is 9.26. The van der Waals surface area contributed by atoms with E-state index in [0.29, 0.717) is 5.41 Å². The van der Waals surface area contributed by atoms with Crippen LogP contribution in [0.15, 0.2) is 24.3 Å². The Labute approximate surface area is 110 Å². The molecule has 18 heavy (non-hydrogen) atoms. The van der Waals surface area contributed by atoms with E-state index in [1.807, 2.05) is 0 Å². The van der Waals surface area contributed by atoms with Gasteiger partial charge in [-0.05, 0) is 25.3 Å². The molecule has 0 amide bonds. The number of nitrogens with zero attached hydrogens (tertiary/aromatic N) is 1. The summed E-state index contributed by atoms with van der Waals surface area (Å²) in [4.78, 5) is 2.65. The van der Waals surface area contributed by atoms with Crippen LogP contribution in [0, 0.1) is 6.92 Å². The molecule has 2 nitrogen and oxygen atoms in total. The average molecular weight is 244 g/mol. The van der Waals surface area contributed by atoms with Crippen LogP contribution in [0.5, 0.6) is 0 Å². The molecular formula is C16H24N2. The van der Waals surface area contributed by atoms with E-state index in [2.05, 4.69) is 41.4 Å². The molecule has 0 atom stereocenters. The van der Waals surface area contributed by atoms with Crippen LogP contribution in [-0.2, 0) is 5.41 Å². The second-order valence-corrected chi connectivity index (χ2v) is 6.03. The number of rotatable bonds is 3. The highest BCUT2D eigenvalue weighted by Gasteiger charge is 2.39. The summed E-state index contributed by atoms with van der Waals surface area (Å²) in [7, 11) is 0. The first-order chi connectivity index (χ1) is 8.78. The van der Waals surface area contributed by atoms with Gasteiger partial charge in [-0.3, -0.25) is 4.90 Å². The topological polar surface area (TPSA) is 15.3 Å². The lowest BCUT2D eigenvalue weighted by Gasteiger charge is -2.46. The van der Waals surface area contributed by atoms with Gasteiger partial charge in [0.05, 0.1) is 0 Å². The van der Waals surface area contributed by atoms with E-state index in [4.69, 9.17) is 0 Å². The molecule has 98 valence electrons. The van der Waals surface area contributed by atoms with Crippen LogP contribution in [0.3, 0.4) is 0 Å². The monoisotopic (exact) mass is 244 g/mol. The van der Waals surface area contributed by atoms with Gasteiger partial charge in [-0.15, -0.1) is 0 Å². The van der Waals surface area contributed by atoms with Crippen LogP contribution in [0.4, 0.5) is 0 Å². The third kappa shape index (κ3) is 2.32. The Kier molecular flexibility index (Phi) is 3.40. The van der Waals surface area contributed by atoms with Crippen molar-refractivity contribution in [3.8, 4) is 0 Å². The lowest BCUT2D eigenvalue weighted by Crippen LogP contribution is -2.51. The largest absolute Gasteiger partial charge is 0.314 e. The molecule has 1 heterocycles. The number of benzene rings is 1. The van der Waals surface area contributed by atoms with E-state index in [9.17, 15) is 0 Å². The summed E-state index contributed by atoms with van der Waals surface area (Å²) in [6.45, 7) is 8.18. The molecule has 2 heteroatoms. The lowest BCUT2D eigenvalue weighted by molar-refractivity contribution is 0.128. The van der Waals surface area contributed by atoms with Crippen molar-refractivity contribution >= 4 is 0 Å². The normalized spacial score (nSPS) is 23.6. The number of hydrogen-bond donors (Lipinski definition) is 1. The molecule has 0 spiro atoms. The summed E-state index contributed by atoms with van der Waals surface area (Å²) in [5, 5.41) is 3.44. The molecule has 1 N–H and O–H groups in total. The molecule has 2 fully saturated rings. The van der Waals surface area contributed by atoms with Gasteiger partial charge in [0.2, 0.25) is 0 Å². The molecule has 0 bridgehead atoms. The Hall–Kier alpha value is -0.860. The standard InChI is InChI=1S/C16H24N2/c1-14-3-5-15(6-4-14)16(7-2-8-16)13-18-11-9-17-10-12-18/h3-6,17H,2,7-13H2,1H3.